The lowest BCUT2D eigenvalue weighted by molar-refractivity contribution is 0.220. The summed E-state index contributed by atoms with van der Waals surface area (Å²) in [6.07, 6.45) is -0.192. The molecule has 0 fully saturated rings. The first-order valence-corrected chi connectivity index (χ1v) is 4.39. The Morgan fingerprint density at radius 2 is 2.23 bits per heavy atom. The number of hydrogen-bond acceptors (Lipinski definition) is 2. The highest BCUT2D eigenvalue weighted by Crippen LogP contribution is 2.39. The molecule has 4 heteroatoms. The van der Waals surface area contributed by atoms with E-state index in [1.807, 2.05) is 0 Å². The summed E-state index contributed by atoms with van der Waals surface area (Å²) in [6, 6.07) is 2.94. The Bertz CT molecular complexity index is 356. The first-order valence-electron chi connectivity index (χ1n) is 4.01. The second-order valence-electron chi connectivity index (χ2n) is 3.13. The molecule has 0 amide bonds. The van der Waals surface area contributed by atoms with Crippen LogP contribution in [0.2, 0.25) is 5.02 Å². The van der Waals surface area contributed by atoms with Gasteiger partial charge in [0.25, 0.3) is 0 Å². The minimum Gasteiger partial charge on any atom is -0.485 e. The molecular weight excluding hydrogens is 193 g/mol. The van der Waals surface area contributed by atoms with Crippen LogP contribution in [0, 0.1) is 5.82 Å². The fraction of sp³-hybridized carbons (Fsp3) is 0.333. The number of benzene rings is 1. The van der Waals surface area contributed by atoms with Gasteiger partial charge in [0.2, 0.25) is 0 Å². The van der Waals surface area contributed by atoms with E-state index in [4.69, 9.17) is 22.1 Å². The Morgan fingerprint density at radius 1 is 1.54 bits per heavy atom. The molecule has 1 heterocycles. The largest absolute Gasteiger partial charge is 0.485 e. The van der Waals surface area contributed by atoms with Gasteiger partial charge in [0, 0.05) is 5.56 Å². The van der Waals surface area contributed by atoms with Crippen LogP contribution < -0.4 is 10.5 Å². The Balaban J connectivity index is 2.57. The molecule has 2 atom stereocenters. The van der Waals surface area contributed by atoms with Crippen LogP contribution in [-0.2, 0) is 0 Å². The van der Waals surface area contributed by atoms with E-state index in [1.165, 1.54) is 6.07 Å². The molecule has 70 valence electrons. The highest BCUT2D eigenvalue weighted by Gasteiger charge is 2.31. The maximum atomic E-state index is 13.3. The van der Waals surface area contributed by atoms with Crippen LogP contribution in [0.5, 0.6) is 5.75 Å². The van der Waals surface area contributed by atoms with Crippen molar-refractivity contribution in [2.45, 2.75) is 19.1 Å². The maximum absolute atomic E-state index is 13.3. The Kier molecular flexibility index (Phi) is 1.93. The minimum atomic E-state index is -0.515. The molecule has 1 aliphatic heterocycles. The van der Waals surface area contributed by atoms with Crippen molar-refractivity contribution in [1.82, 2.24) is 0 Å². The lowest BCUT2D eigenvalue weighted by Crippen LogP contribution is -2.21. The molecule has 0 spiro atoms. The molecule has 1 aliphatic rings. The van der Waals surface area contributed by atoms with Crippen molar-refractivity contribution in [3.63, 3.8) is 0 Å². The third kappa shape index (κ3) is 1.19. The fourth-order valence-electron chi connectivity index (χ4n) is 1.44. The molecule has 2 rings (SSSR count). The van der Waals surface area contributed by atoms with Crippen LogP contribution in [0.15, 0.2) is 12.1 Å². The molecule has 2 unspecified atom stereocenters. The number of hydrogen-bond donors (Lipinski definition) is 1. The standard InChI is InChI=1S/C9H9ClFNO/c1-4-8(12)5-2-3-6(10)7(11)9(5)13-4/h2-4,8H,12H2,1H3. The summed E-state index contributed by atoms with van der Waals surface area (Å²) in [5, 5.41) is 0.0695. The van der Waals surface area contributed by atoms with Gasteiger partial charge in [-0.05, 0) is 13.0 Å². The zero-order valence-electron chi connectivity index (χ0n) is 7.05. The second kappa shape index (κ2) is 2.86. The van der Waals surface area contributed by atoms with Gasteiger partial charge in [-0.15, -0.1) is 0 Å². The third-order valence-electron chi connectivity index (χ3n) is 2.25. The number of nitrogens with two attached hydrogens (primary N) is 1. The molecule has 0 bridgehead atoms. The van der Waals surface area contributed by atoms with Crippen molar-refractivity contribution in [1.29, 1.82) is 0 Å². The van der Waals surface area contributed by atoms with Crippen LogP contribution in [0.25, 0.3) is 0 Å². The van der Waals surface area contributed by atoms with Crippen LogP contribution >= 0.6 is 11.6 Å². The van der Waals surface area contributed by atoms with E-state index in [0.29, 0.717) is 5.56 Å². The van der Waals surface area contributed by atoms with E-state index in [0.717, 1.165) is 0 Å². The lowest BCUT2D eigenvalue weighted by atomic mass is 10.1. The highest BCUT2D eigenvalue weighted by molar-refractivity contribution is 6.30. The molecule has 1 aromatic carbocycles. The van der Waals surface area contributed by atoms with Crippen LogP contribution in [0.3, 0.4) is 0 Å². The third-order valence-corrected chi connectivity index (χ3v) is 2.54. The predicted molar refractivity (Wildman–Crippen MR) is 48.4 cm³/mol. The van der Waals surface area contributed by atoms with E-state index in [1.54, 1.807) is 13.0 Å². The van der Waals surface area contributed by atoms with Crippen molar-refractivity contribution in [2.24, 2.45) is 5.73 Å². The first kappa shape index (κ1) is 8.78. The minimum absolute atomic E-state index is 0.0695. The molecule has 0 saturated carbocycles. The summed E-state index contributed by atoms with van der Waals surface area (Å²) in [5.74, 6) is -0.313. The Labute approximate surface area is 80.4 Å². The van der Waals surface area contributed by atoms with Gasteiger partial charge in [-0.25, -0.2) is 4.39 Å². The van der Waals surface area contributed by atoms with E-state index >= 15 is 0 Å². The Hall–Kier alpha value is -0.800. The average molecular weight is 202 g/mol. The molecule has 13 heavy (non-hydrogen) atoms. The van der Waals surface area contributed by atoms with E-state index in [-0.39, 0.29) is 22.9 Å². The fourth-order valence-corrected chi connectivity index (χ4v) is 1.59. The zero-order valence-corrected chi connectivity index (χ0v) is 7.81. The van der Waals surface area contributed by atoms with Gasteiger partial charge in [-0.1, -0.05) is 17.7 Å². The summed E-state index contributed by atoms with van der Waals surface area (Å²) < 4.78 is 18.6. The summed E-state index contributed by atoms with van der Waals surface area (Å²) >= 11 is 5.59. The van der Waals surface area contributed by atoms with Gasteiger partial charge >= 0.3 is 0 Å². The van der Waals surface area contributed by atoms with E-state index in [9.17, 15) is 4.39 Å². The molecule has 0 saturated heterocycles. The molecule has 0 aliphatic carbocycles. The van der Waals surface area contributed by atoms with Crippen molar-refractivity contribution in [3.05, 3.63) is 28.5 Å². The summed E-state index contributed by atoms with van der Waals surface area (Å²) in [6.45, 7) is 1.80. The molecule has 0 radical (unpaired) electrons. The molecule has 2 nitrogen and oxygen atoms in total. The molecule has 0 aromatic heterocycles. The normalized spacial score (nSPS) is 25.5. The number of rotatable bonds is 0. The highest BCUT2D eigenvalue weighted by atomic mass is 35.5. The van der Waals surface area contributed by atoms with Crippen LogP contribution in [0.1, 0.15) is 18.5 Å². The number of ether oxygens (including phenoxy) is 1. The van der Waals surface area contributed by atoms with Crippen molar-refractivity contribution in [2.75, 3.05) is 0 Å². The molecule has 2 N–H and O–H groups in total. The van der Waals surface area contributed by atoms with Gasteiger partial charge in [0.05, 0.1) is 11.1 Å². The Morgan fingerprint density at radius 3 is 2.92 bits per heavy atom. The van der Waals surface area contributed by atoms with Gasteiger partial charge in [-0.2, -0.15) is 0 Å². The van der Waals surface area contributed by atoms with Gasteiger partial charge in [0.15, 0.2) is 11.6 Å². The van der Waals surface area contributed by atoms with E-state index < -0.39 is 5.82 Å². The monoisotopic (exact) mass is 201 g/mol. The number of halogens is 2. The van der Waals surface area contributed by atoms with Crippen molar-refractivity contribution in [3.8, 4) is 5.75 Å². The molecular formula is C9H9ClFNO. The van der Waals surface area contributed by atoms with E-state index in [2.05, 4.69) is 0 Å². The second-order valence-corrected chi connectivity index (χ2v) is 3.54. The first-order chi connectivity index (χ1) is 6.11. The summed E-state index contributed by atoms with van der Waals surface area (Å²) in [5.41, 5.74) is 6.46. The zero-order chi connectivity index (χ0) is 9.59. The maximum Gasteiger partial charge on any atom is 0.183 e. The van der Waals surface area contributed by atoms with Crippen LogP contribution in [0.4, 0.5) is 4.39 Å². The lowest BCUT2D eigenvalue weighted by Gasteiger charge is -2.07. The van der Waals surface area contributed by atoms with Crippen LogP contribution in [-0.4, -0.2) is 6.10 Å². The number of fused-ring (bicyclic) bond motifs is 1. The van der Waals surface area contributed by atoms with Gasteiger partial charge in [-0.3, -0.25) is 0 Å². The predicted octanol–water partition coefficient (Wildman–Crippen LogP) is 2.26. The van der Waals surface area contributed by atoms with Crippen molar-refractivity contribution >= 4 is 11.6 Å². The van der Waals surface area contributed by atoms with Gasteiger partial charge < -0.3 is 10.5 Å². The molecule has 1 aromatic rings. The average Bonchev–Trinajstić information content (AvgIpc) is 2.38. The van der Waals surface area contributed by atoms with Crippen molar-refractivity contribution < 1.29 is 9.13 Å². The smallest absolute Gasteiger partial charge is 0.183 e. The summed E-state index contributed by atoms with van der Waals surface area (Å²) in [7, 11) is 0. The summed E-state index contributed by atoms with van der Waals surface area (Å²) in [4.78, 5) is 0. The SMILES string of the molecule is CC1Oc2c(ccc(Cl)c2F)C1N. The van der Waals surface area contributed by atoms with Gasteiger partial charge in [0.1, 0.15) is 6.10 Å². The topological polar surface area (TPSA) is 35.2 Å². The quantitative estimate of drug-likeness (QED) is 0.699.